The van der Waals surface area contributed by atoms with E-state index in [1.165, 1.54) is 32.1 Å². The van der Waals surface area contributed by atoms with E-state index in [4.69, 9.17) is 0 Å². The van der Waals surface area contributed by atoms with Crippen molar-refractivity contribution in [1.29, 1.82) is 0 Å². The molecule has 1 saturated carbocycles. The van der Waals surface area contributed by atoms with E-state index < -0.39 is 6.10 Å². The highest BCUT2D eigenvalue weighted by Crippen LogP contribution is 2.34. The SMILES string of the molecule is CN(C)CCn1ncc(Br)c1C(O)CC1CCCCC1. The van der Waals surface area contributed by atoms with Crippen molar-refractivity contribution in [2.75, 3.05) is 20.6 Å². The summed E-state index contributed by atoms with van der Waals surface area (Å²) in [5.41, 5.74) is 0.942. The first-order valence-corrected chi connectivity index (χ1v) is 8.41. The van der Waals surface area contributed by atoms with Gasteiger partial charge in [0.05, 0.1) is 29.0 Å². The second kappa shape index (κ2) is 7.57. The summed E-state index contributed by atoms with van der Waals surface area (Å²) in [4.78, 5) is 2.13. The smallest absolute Gasteiger partial charge is 0.0970 e. The molecule has 4 nitrogen and oxygen atoms in total. The van der Waals surface area contributed by atoms with Crippen LogP contribution in [0.15, 0.2) is 10.7 Å². The number of likely N-dealkylation sites (N-methyl/N-ethyl adjacent to an activating group) is 1. The van der Waals surface area contributed by atoms with Gasteiger partial charge < -0.3 is 10.0 Å². The number of aromatic nitrogens is 2. The van der Waals surface area contributed by atoms with Crippen LogP contribution in [0.1, 0.15) is 50.3 Å². The lowest BCUT2D eigenvalue weighted by Gasteiger charge is -2.24. The molecule has 0 aliphatic heterocycles. The molecule has 1 heterocycles. The fourth-order valence-corrected chi connectivity index (χ4v) is 3.59. The first kappa shape index (κ1) is 16.0. The Morgan fingerprint density at radius 2 is 2.10 bits per heavy atom. The molecule has 0 spiro atoms. The van der Waals surface area contributed by atoms with Crippen LogP contribution in [0.2, 0.25) is 0 Å². The summed E-state index contributed by atoms with van der Waals surface area (Å²) < 4.78 is 2.87. The van der Waals surface area contributed by atoms with E-state index in [0.717, 1.165) is 29.7 Å². The van der Waals surface area contributed by atoms with Crippen LogP contribution in [0.3, 0.4) is 0 Å². The molecule has 20 heavy (non-hydrogen) atoms. The van der Waals surface area contributed by atoms with E-state index in [-0.39, 0.29) is 0 Å². The zero-order valence-corrected chi connectivity index (χ0v) is 14.1. The summed E-state index contributed by atoms with van der Waals surface area (Å²) in [6, 6.07) is 0. The van der Waals surface area contributed by atoms with Crippen molar-refractivity contribution in [2.45, 2.75) is 51.2 Å². The Hall–Kier alpha value is -0.390. The van der Waals surface area contributed by atoms with Gasteiger partial charge in [-0.2, -0.15) is 5.10 Å². The van der Waals surface area contributed by atoms with E-state index in [1.54, 1.807) is 6.20 Å². The van der Waals surface area contributed by atoms with E-state index in [0.29, 0.717) is 5.92 Å². The summed E-state index contributed by atoms with van der Waals surface area (Å²) in [6.07, 6.45) is 8.79. The average molecular weight is 344 g/mol. The Balaban J connectivity index is 2.00. The molecule has 2 rings (SSSR count). The monoisotopic (exact) mass is 343 g/mol. The number of aliphatic hydroxyl groups is 1. The summed E-state index contributed by atoms with van der Waals surface area (Å²) in [5, 5.41) is 15.0. The molecule has 1 fully saturated rings. The van der Waals surface area contributed by atoms with Crippen molar-refractivity contribution in [3.8, 4) is 0 Å². The van der Waals surface area contributed by atoms with Gasteiger partial charge in [0.15, 0.2) is 0 Å². The summed E-state index contributed by atoms with van der Waals surface area (Å²) >= 11 is 3.53. The normalized spacial score (nSPS) is 18.6. The van der Waals surface area contributed by atoms with Crippen LogP contribution >= 0.6 is 15.9 Å². The third-order valence-corrected chi connectivity index (χ3v) is 4.80. The first-order valence-electron chi connectivity index (χ1n) is 7.62. The molecule has 1 N–H and O–H groups in total. The molecule has 1 aromatic heterocycles. The first-order chi connectivity index (χ1) is 9.58. The molecule has 1 aliphatic rings. The lowest BCUT2D eigenvalue weighted by molar-refractivity contribution is 0.121. The number of hydrogen-bond acceptors (Lipinski definition) is 3. The minimum Gasteiger partial charge on any atom is -0.387 e. The van der Waals surface area contributed by atoms with Crippen LogP contribution in [0.4, 0.5) is 0 Å². The number of aliphatic hydroxyl groups excluding tert-OH is 1. The molecule has 5 heteroatoms. The van der Waals surface area contributed by atoms with Crippen LogP contribution in [-0.2, 0) is 6.54 Å². The average Bonchev–Trinajstić information content (AvgIpc) is 2.78. The summed E-state index contributed by atoms with van der Waals surface area (Å²) in [7, 11) is 4.10. The van der Waals surface area contributed by atoms with Crippen molar-refractivity contribution in [3.63, 3.8) is 0 Å². The summed E-state index contributed by atoms with van der Waals surface area (Å²) in [6.45, 7) is 1.74. The molecule has 0 amide bonds. The van der Waals surface area contributed by atoms with E-state index in [9.17, 15) is 5.11 Å². The standard InChI is InChI=1S/C15H26BrN3O/c1-18(2)8-9-19-15(13(16)11-17-19)14(20)10-12-6-4-3-5-7-12/h11-12,14,20H,3-10H2,1-2H3. The highest BCUT2D eigenvalue weighted by Gasteiger charge is 2.23. The van der Waals surface area contributed by atoms with E-state index in [2.05, 4.69) is 40.0 Å². The fourth-order valence-electron chi connectivity index (χ4n) is 3.03. The van der Waals surface area contributed by atoms with Crippen molar-refractivity contribution < 1.29 is 5.11 Å². The van der Waals surface area contributed by atoms with Crippen molar-refractivity contribution >= 4 is 15.9 Å². The van der Waals surface area contributed by atoms with Gasteiger partial charge >= 0.3 is 0 Å². The third kappa shape index (κ3) is 4.30. The lowest BCUT2D eigenvalue weighted by Crippen LogP contribution is -2.22. The molecule has 0 saturated heterocycles. The number of hydrogen-bond donors (Lipinski definition) is 1. The number of rotatable bonds is 6. The number of nitrogens with zero attached hydrogens (tertiary/aromatic N) is 3. The maximum absolute atomic E-state index is 10.6. The van der Waals surface area contributed by atoms with Gasteiger partial charge in [-0.25, -0.2) is 0 Å². The van der Waals surface area contributed by atoms with Crippen molar-refractivity contribution in [2.24, 2.45) is 5.92 Å². The molecule has 114 valence electrons. The molecular weight excluding hydrogens is 318 g/mol. The Labute approximate surface area is 130 Å². The quantitative estimate of drug-likeness (QED) is 0.862. The Kier molecular flexibility index (Phi) is 6.05. The lowest BCUT2D eigenvalue weighted by atomic mass is 9.85. The third-order valence-electron chi connectivity index (χ3n) is 4.19. The molecule has 0 radical (unpaired) electrons. The minimum absolute atomic E-state index is 0.405. The molecule has 1 aliphatic carbocycles. The number of halogens is 1. The van der Waals surface area contributed by atoms with Gasteiger partial charge in [0, 0.05) is 6.54 Å². The molecule has 1 atom stereocenters. The Bertz CT molecular complexity index is 413. The predicted molar refractivity (Wildman–Crippen MR) is 84.6 cm³/mol. The molecule has 0 aromatic carbocycles. The predicted octanol–water partition coefficient (Wildman–Crippen LogP) is 3.21. The zero-order chi connectivity index (χ0) is 14.5. The van der Waals surface area contributed by atoms with Crippen LogP contribution in [0, 0.1) is 5.92 Å². The van der Waals surface area contributed by atoms with Gasteiger partial charge in [-0.1, -0.05) is 32.1 Å². The van der Waals surface area contributed by atoms with E-state index >= 15 is 0 Å². The van der Waals surface area contributed by atoms with Crippen LogP contribution in [0.5, 0.6) is 0 Å². The second-order valence-corrected chi connectivity index (χ2v) is 7.01. The summed E-state index contributed by atoms with van der Waals surface area (Å²) in [5.74, 6) is 0.669. The van der Waals surface area contributed by atoms with Gasteiger partial charge in [0.1, 0.15) is 0 Å². The fraction of sp³-hybridized carbons (Fsp3) is 0.800. The van der Waals surface area contributed by atoms with Crippen molar-refractivity contribution in [1.82, 2.24) is 14.7 Å². The molecular formula is C15H26BrN3O. The maximum atomic E-state index is 10.6. The highest BCUT2D eigenvalue weighted by atomic mass is 79.9. The topological polar surface area (TPSA) is 41.3 Å². The van der Waals surface area contributed by atoms with Gasteiger partial charge in [0.25, 0.3) is 0 Å². The van der Waals surface area contributed by atoms with Crippen LogP contribution in [0.25, 0.3) is 0 Å². The van der Waals surface area contributed by atoms with Gasteiger partial charge in [-0.3, -0.25) is 4.68 Å². The minimum atomic E-state index is -0.405. The highest BCUT2D eigenvalue weighted by molar-refractivity contribution is 9.10. The van der Waals surface area contributed by atoms with Crippen LogP contribution in [-0.4, -0.2) is 40.4 Å². The van der Waals surface area contributed by atoms with E-state index in [1.807, 2.05) is 4.68 Å². The Morgan fingerprint density at radius 3 is 2.75 bits per heavy atom. The van der Waals surface area contributed by atoms with Gasteiger partial charge in [-0.15, -0.1) is 0 Å². The molecule has 1 unspecified atom stereocenters. The largest absolute Gasteiger partial charge is 0.387 e. The second-order valence-electron chi connectivity index (χ2n) is 6.16. The van der Waals surface area contributed by atoms with Crippen molar-refractivity contribution in [3.05, 3.63) is 16.4 Å². The maximum Gasteiger partial charge on any atom is 0.0970 e. The molecule has 0 bridgehead atoms. The van der Waals surface area contributed by atoms with Crippen LogP contribution < -0.4 is 0 Å². The van der Waals surface area contributed by atoms with Gasteiger partial charge in [0.2, 0.25) is 0 Å². The Morgan fingerprint density at radius 1 is 1.40 bits per heavy atom. The zero-order valence-electron chi connectivity index (χ0n) is 12.6. The van der Waals surface area contributed by atoms with Gasteiger partial charge in [-0.05, 0) is 42.4 Å². The molecule has 1 aromatic rings.